The normalized spacial score (nSPS) is 12.2. The van der Waals surface area contributed by atoms with Crippen LogP contribution in [0, 0.1) is 10.1 Å². The molecule has 0 atom stereocenters. The molecule has 8 heteroatoms. The molecule has 1 aliphatic carbocycles. The average molecular weight is 407 g/mol. The number of amides is 1. The lowest BCUT2D eigenvalue weighted by molar-refractivity contribution is -0.385. The number of nitro benzene ring substituents is 1. The molecule has 0 saturated heterocycles. The van der Waals surface area contributed by atoms with Crippen LogP contribution in [0.15, 0.2) is 60.7 Å². The fourth-order valence-electron chi connectivity index (χ4n) is 3.31. The van der Waals surface area contributed by atoms with E-state index in [-0.39, 0.29) is 27.8 Å². The van der Waals surface area contributed by atoms with Crippen LogP contribution >= 0.6 is 11.6 Å². The molecule has 1 amide bonds. The second-order valence-electron chi connectivity index (χ2n) is 6.31. The Balaban J connectivity index is 1.86. The zero-order valence-electron chi connectivity index (χ0n) is 14.6. The number of rotatable bonds is 3. The van der Waals surface area contributed by atoms with Crippen LogP contribution in [0.1, 0.15) is 42.2 Å². The van der Waals surface area contributed by atoms with Crippen LogP contribution in [0.5, 0.6) is 0 Å². The summed E-state index contributed by atoms with van der Waals surface area (Å²) in [4.78, 5) is 49.4. The summed E-state index contributed by atoms with van der Waals surface area (Å²) in [6.45, 7) is 0. The SMILES string of the molecule is O=C1c2ccccc2C(=O)c2c1ccc(C(=O)Nc1cccc(Cl)c1)c2[N+](=O)[O-]. The number of nitrogens with one attached hydrogen (secondary N) is 1. The summed E-state index contributed by atoms with van der Waals surface area (Å²) in [6, 6.07) is 14.8. The van der Waals surface area contributed by atoms with Crippen molar-refractivity contribution in [1.29, 1.82) is 0 Å². The molecule has 0 bridgehead atoms. The minimum atomic E-state index is -0.815. The number of carbonyl (C=O) groups excluding carboxylic acids is 3. The van der Waals surface area contributed by atoms with Gasteiger partial charge < -0.3 is 5.32 Å². The van der Waals surface area contributed by atoms with E-state index in [1.807, 2.05) is 0 Å². The number of benzene rings is 3. The summed E-state index contributed by atoms with van der Waals surface area (Å²) < 4.78 is 0. The van der Waals surface area contributed by atoms with Crippen molar-refractivity contribution >= 4 is 40.4 Å². The Labute approximate surface area is 169 Å². The highest BCUT2D eigenvalue weighted by atomic mass is 35.5. The Kier molecular flexibility index (Phi) is 4.44. The van der Waals surface area contributed by atoms with Crippen molar-refractivity contribution < 1.29 is 19.3 Å². The van der Waals surface area contributed by atoms with Crippen molar-refractivity contribution in [1.82, 2.24) is 0 Å². The molecule has 3 aromatic rings. The third kappa shape index (κ3) is 3.07. The number of carbonyl (C=O) groups is 3. The zero-order chi connectivity index (χ0) is 20.7. The molecule has 1 N–H and O–H groups in total. The maximum absolute atomic E-state index is 13.0. The molecule has 0 heterocycles. The number of ketones is 2. The zero-order valence-corrected chi connectivity index (χ0v) is 15.4. The number of hydrogen-bond acceptors (Lipinski definition) is 5. The van der Waals surface area contributed by atoms with Crippen LogP contribution in [-0.4, -0.2) is 22.4 Å². The van der Waals surface area contributed by atoms with E-state index in [2.05, 4.69) is 5.32 Å². The largest absolute Gasteiger partial charge is 0.322 e. The summed E-state index contributed by atoms with van der Waals surface area (Å²) in [5, 5.41) is 14.7. The van der Waals surface area contributed by atoms with Crippen molar-refractivity contribution in [3.63, 3.8) is 0 Å². The molecular weight excluding hydrogens is 396 g/mol. The quantitative estimate of drug-likeness (QED) is 0.403. The Morgan fingerprint density at radius 2 is 1.59 bits per heavy atom. The minimum absolute atomic E-state index is 0.0699. The second kappa shape index (κ2) is 6.96. The molecule has 0 spiro atoms. The van der Waals surface area contributed by atoms with Gasteiger partial charge in [0.2, 0.25) is 5.78 Å². The predicted molar refractivity (Wildman–Crippen MR) is 106 cm³/mol. The summed E-state index contributed by atoms with van der Waals surface area (Å²) in [5.74, 6) is -1.96. The first-order valence-electron chi connectivity index (χ1n) is 8.45. The van der Waals surface area contributed by atoms with Gasteiger partial charge in [0.05, 0.1) is 4.92 Å². The minimum Gasteiger partial charge on any atom is -0.322 e. The van der Waals surface area contributed by atoms with Crippen molar-refractivity contribution in [2.45, 2.75) is 0 Å². The lowest BCUT2D eigenvalue weighted by Gasteiger charge is -2.18. The van der Waals surface area contributed by atoms with Gasteiger partial charge in [0.1, 0.15) is 11.1 Å². The lowest BCUT2D eigenvalue weighted by Crippen LogP contribution is -2.24. The topological polar surface area (TPSA) is 106 Å². The van der Waals surface area contributed by atoms with E-state index in [0.29, 0.717) is 10.7 Å². The Morgan fingerprint density at radius 3 is 2.24 bits per heavy atom. The molecule has 7 nitrogen and oxygen atoms in total. The van der Waals surface area contributed by atoms with Crippen LogP contribution in [0.3, 0.4) is 0 Å². The van der Waals surface area contributed by atoms with Crippen LogP contribution in [0.4, 0.5) is 11.4 Å². The number of anilines is 1. The highest BCUT2D eigenvalue weighted by Gasteiger charge is 2.38. The molecule has 0 aliphatic heterocycles. The second-order valence-corrected chi connectivity index (χ2v) is 6.75. The summed E-state index contributed by atoms with van der Waals surface area (Å²) in [7, 11) is 0. The number of hydrogen-bond donors (Lipinski definition) is 1. The van der Waals surface area contributed by atoms with Crippen LogP contribution < -0.4 is 5.32 Å². The number of nitro groups is 1. The molecule has 29 heavy (non-hydrogen) atoms. The summed E-state index contributed by atoms with van der Waals surface area (Å²) in [6.07, 6.45) is 0. The third-order valence-electron chi connectivity index (χ3n) is 4.58. The van der Waals surface area contributed by atoms with Gasteiger partial charge in [-0.1, -0.05) is 41.9 Å². The first kappa shape index (κ1) is 18.5. The van der Waals surface area contributed by atoms with E-state index < -0.39 is 28.1 Å². The smallest absolute Gasteiger partial charge is 0.294 e. The number of fused-ring (bicyclic) bond motifs is 2. The lowest BCUT2D eigenvalue weighted by atomic mass is 9.82. The summed E-state index contributed by atoms with van der Waals surface area (Å²) >= 11 is 5.89. The van der Waals surface area contributed by atoms with Crippen molar-refractivity contribution in [3.8, 4) is 0 Å². The Hall–Kier alpha value is -3.84. The molecule has 142 valence electrons. The van der Waals surface area contributed by atoms with Crippen LogP contribution in [0.25, 0.3) is 0 Å². The fourth-order valence-corrected chi connectivity index (χ4v) is 3.50. The van der Waals surface area contributed by atoms with Crippen molar-refractivity contribution in [3.05, 3.63) is 104 Å². The van der Waals surface area contributed by atoms with Crippen LogP contribution in [0.2, 0.25) is 5.02 Å². The predicted octanol–water partition coefficient (Wildman–Crippen LogP) is 4.28. The average Bonchev–Trinajstić information content (AvgIpc) is 2.71. The van der Waals surface area contributed by atoms with E-state index in [9.17, 15) is 24.5 Å². The Morgan fingerprint density at radius 1 is 0.897 bits per heavy atom. The van der Waals surface area contributed by atoms with E-state index in [1.54, 1.807) is 30.3 Å². The molecule has 4 rings (SSSR count). The fraction of sp³-hybridized carbons (Fsp3) is 0. The monoisotopic (exact) mass is 406 g/mol. The molecule has 0 radical (unpaired) electrons. The van der Waals surface area contributed by atoms with Gasteiger partial charge in [-0.25, -0.2) is 0 Å². The maximum atomic E-state index is 13.0. The van der Waals surface area contributed by atoms with Gasteiger partial charge in [0.15, 0.2) is 5.78 Å². The van der Waals surface area contributed by atoms with Crippen molar-refractivity contribution in [2.75, 3.05) is 5.32 Å². The molecule has 0 unspecified atom stereocenters. The number of nitrogens with zero attached hydrogens (tertiary/aromatic N) is 1. The Bertz CT molecular complexity index is 1240. The van der Waals surface area contributed by atoms with Gasteiger partial charge in [-0.15, -0.1) is 0 Å². The van der Waals surface area contributed by atoms with E-state index in [4.69, 9.17) is 11.6 Å². The standard InChI is InChI=1S/C21H11ClN2O5/c22-11-4-3-5-12(10-11)23-21(27)16-9-8-15-17(18(16)24(28)29)20(26)14-7-2-1-6-13(14)19(15)25/h1-10H,(H,23,27). The molecule has 0 fully saturated rings. The molecule has 0 aromatic heterocycles. The highest BCUT2D eigenvalue weighted by molar-refractivity contribution is 6.31. The van der Waals surface area contributed by atoms with Crippen LogP contribution in [-0.2, 0) is 0 Å². The summed E-state index contributed by atoms with van der Waals surface area (Å²) in [5.41, 5.74) is -0.917. The van der Waals surface area contributed by atoms with Gasteiger partial charge in [-0.3, -0.25) is 24.5 Å². The first-order valence-corrected chi connectivity index (χ1v) is 8.83. The van der Waals surface area contributed by atoms with Gasteiger partial charge in [0, 0.05) is 27.4 Å². The van der Waals surface area contributed by atoms with Gasteiger partial charge in [0.25, 0.3) is 11.6 Å². The number of halogens is 1. The van der Waals surface area contributed by atoms with Gasteiger partial charge in [-0.05, 0) is 30.3 Å². The molecule has 1 aliphatic rings. The first-order chi connectivity index (χ1) is 13.9. The third-order valence-corrected chi connectivity index (χ3v) is 4.81. The van der Waals surface area contributed by atoms with E-state index in [0.717, 1.165) is 0 Å². The molecule has 3 aromatic carbocycles. The highest BCUT2D eigenvalue weighted by Crippen LogP contribution is 2.35. The molecule has 0 saturated carbocycles. The van der Waals surface area contributed by atoms with Crippen molar-refractivity contribution in [2.24, 2.45) is 0 Å². The van der Waals surface area contributed by atoms with E-state index in [1.165, 1.54) is 30.3 Å². The molecular formula is C21H11ClN2O5. The van der Waals surface area contributed by atoms with E-state index >= 15 is 0 Å². The maximum Gasteiger partial charge on any atom is 0.294 e. The van der Waals surface area contributed by atoms with Gasteiger partial charge in [-0.2, -0.15) is 0 Å². The van der Waals surface area contributed by atoms with Gasteiger partial charge >= 0.3 is 0 Å².